The zero-order valence-electron chi connectivity index (χ0n) is 11.9. The second-order valence-corrected chi connectivity index (χ2v) is 4.43. The van der Waals surface area contributed by atoms with Gasteiger partial charge in [-0.25, -0.2) is 0 Å². The van der Waals surface area contributed by atoms with Gasteiger partial charge in [0.1, 0.15) is 5.75 Å². The molecule has 0 saturated heterocycles. The van der Waals surface area contributed by atoms with Crippen molar-refractivity contribution in [1.82, 2.24) is 5.32 Å². The highest BCUT2D eigenvalue weighted by Gasteiger charge is 2.00. The average molecular weight is 264 g/mol. The lowest BCUT2D eigenvalue weighted by atomic mass is 10.3. The predicted octanol–water partition coefficient (Wildman–Crippen LogP) is 2.80. The Kier molecular flexibility index (Phi) is 7.47. The van der Waals surface area contributed by atoms with E-state index in [1.165, 1.54) is 0 Å². The van der Waals surface area contributed by atoms with Gasteiger partial charge in [0.2, 0.25) is 5.91 Å². The number of carbonyl (C=O) groups excluding carboxylic acids is 1. The number of anilines is 1. The van der Waals surface area contributed by atoms with E-state index in [0.717, 1.165) is 43.9 Å². The summed E-state index contributed by atoms with van der Waals surface area (Å²) in [5, 5.41) is 5.95. The Bertz CT molecular complexity index is 363. The van der Waals surface area contributed by atoms with Gasteiger partial charge in [-0.3, -0.25) is 4.79 Å². The van der Waals surface area contributed by atoms with Crippen LogP contribution in [0.3, 0.4) is 0 Å². The summed E-state index contributed by atoms with van der Waals surface area (Å²) in [6.07, 6.45) is 3.11. The quantitative estimate of drug-likeness (QED) is 0.674. The van der Waals surface area contributed by atoms with E-state index in [1.807, 2.05) is 24.3 Å². The van der Waals surface area contributed by atoms with E-state index in [1.54, 1.807) is 0 Å². The lowest BCUT2D eigenvalue weighted by Gasteiger charge is -2.09. The van der Waals surface area contributed by atoms with Crippen molar-refractivity contribution in [2.75, 3.05) is 25.0 Å². The molecule has 0 spiro atoms. The van der Waals surface area contributed by atoms with Crippen molar-refractivity contribution < 1.29 is 9.53 Å². The Labute approximate surface area is 115 Å². The molecular formula is C15H24N2O2. The van der Waals surface area contributed by atoms with Crippen LogP contribution in [0.1, 0.15) is 33.1 Å². The number of amides is 1. The van der Waals surface area contributed by atoms with Gasteiger partial charge in [0.15, 0.2) is 0 Å². The minimum Gasteiger partial charge on any atom is -0.494 e. The topological polar surface area (TPSA) is 50.4 Å². The van der Waals surface area contributed by atoms with Gasteiger partial charge in [-0.15, -0.1) is 0 Å². The molecule has 4 nitrogen and oxygen atoms in total. The molecule has 0 aliphatic rings. The van der Waals surface area contributed by atoms with Gasteiger partial charge in [0.25, 0.3) is 0 Å². The maximum Gasteiger partial charge on any atom is 0.239 e. The molecular weight excluding hydrogens is 240 g/mol. The van der Waals surface area contributed by atoms with Crippen LogP contribution in [0.5, 0.6) is 5.75 Å². The number of ether oxygens (including phenoxy) is 1. The number of rotatable bonds is 9. The zero-order chi connectivity index (χ0) is 13.9. The van der Waals surface area contributed by atoms with Crippen molar-refractivity contribution in [2.45, 2.75) is 33.1 Å². The average Bonchev–Trinajstić information content (AvgIpc) is 2.44. The maximum atomic E-state index is 11.5. The molecule has 1 aromatic carbocycles. The third-order valence-electron chi connectivity index (χ3n) is 2.63. The fraction of sp³-hybridized carbons (Fsp3) is 0.533. The monoisotopic (exact) mass is 264 g/mol. The lowest BCUT2D eigenvalue weighted by Crippen LogP contribution is -2.30. The number of nitrogens with one attached hydrogen (secondary N) is 2. The Balaban J connectivity index is 2.27. The summed E-state index contributed by atoms with van der Waals surface area (Å²) >= 11 is 0. The third-order valence-corrected chi connectivity index (χ3v) is 2.63. The Morgan fingerprint density at radius 1 is 1.16 bits per heavy atom. The van der Waals surface area contributed by atoms with Gasteiger partial charge in [0, 0.05) is 12.2 Å². The molecule has 0 heterocycles. The third kappa shape index (κ3) is 6.70. The van der Waals surface area contributed by atoms with Gasteiger partial charge < -0.3 is 15.4 Å². The van der Waals surface area contributed by atoms with E-state index in [-0.39, 0.29) is 5.91 Å². The van der Waals surface area contributed by atoms with Gasteiger partial charge in [-0.1, -0.05) is 20.3 Å². The van der Waals surface area contributed by atoms with Crippen LogP contribution in [-0.2, 0) is 4.79 Å². The standard InChI is InChI=1S/C15H24N2O2/c1-3-5-10-16-15(18)12-17-13-6-8-14(9-7-13)19-11-4-2/h6-9,17H,3-5,10-12H2,1-2H3,(H,16,18). The largest absolute Gasteiger partial charge is 0.494 e. The van der Waals surface area contributed by atoms with Crippen molar-refractivity contribution in [2.24, 2.45) is 0 Å². The van der Waals surface area contributed by atoms with Crippen LogP contribution >= 0.6 is 0 Å². The summed E-state index contributed by atoms with van der Waals surface area (Å²) in [7, 11) is 0. The van der Waals surface area contributed by atoms with Gasteiger partial charge >= 0.3 is 0 Å². The van der Waals surface area contributed by atoms with E-state index in [9.17, 15) is 4.79 Å². The van der Waals surface area contributed by atoms with Crippen LogP contribution < -0.4 is 15.4 Å². The second kappa shape index (κ2) is 9.25. The zero-order valence-corrected chi connectivity index (χ0v) is 11.9. The first-order valence-corrected chi connectivity index (χ1v) is 6.99. The first-order chi connectivity index (χ1) is 9.26. The molecule has 0 fully saturated rings. The van der Waals surface area contributed by atoms with Gasteiger partial charge in [0.05, 0.1) is 13.2 Å². The number of unbranched alkanes of at least 4 members (excludes halogenated alkanes) is 1. The van der Waals surface area contributed by atoms with Gasteiger partial charge in [-0.05, 0) is 37.1 Å². The van der Waals surface area contributed by atoms with Crippen LogP contribution in [0.15, 0.2) is 24.3 Å². The van der Waals surface area contributed by atoms with Crippen molar-refractivity contribution in [3.05, 3.63) is 24.3 Å². The predicted molar refractivity (Wildman–Crippen MR) is 78.6 cm³/mol. The molecule has 0 atom stereocenters. The van der Waals surface area contributed by atoms with Crippen LogP contribution in [0.25, 0.3) is 0 Å². The fourth-order valence-corrected chi connectivity index (χ4v) is 1.54. The van der Waals surface area contributed by atoms with E-state index in [2.05, 4.69) is 24.5 Å². The van der Waals surface area contributed by atoms with Crippen molar-refractivity contribution in [3.8, 4) is 5.75 Å². The van der Waals surface area contributed by atoms with E-state index < -0.39 is 0 Å². The smallest absolute Gasteiger partial charge is 0.239 e. The molecule has 4 heteroatoms. The minimum atomic E-state index is 0.0276. The van der Waals surface area contributed by atoms with Gasteiger partial charge in [-0.2, -0.15) is 0 Å². The molecule has 19 heavy (non-hydrogen) atoms. The van der Waals surface area contributed by atoms with Crippen molar-refractivity contribution in [1.29, 1.82) is 0 Å². The van der Waals surface area contributed by atoms with E-state index in [4.69, 9.17) is 4.74 Å². The second-order valence-electron chi connectivity index (χ2n) is 4.43. The molecule has 0 radical (unpaired) electrons. The highest BCUT2D eigenvalue weighted by atomic mass is 16.5. The Morgan fingerprint density at radius 2 is 1.89 bits per heavy atom. The summed E-state index contributed by atoms with van der Waals surface area (Å²) in [4.78, 5) is 11.5. The number of hydrogen-bond acceptors (Lipinski definition) is 3. The summed E-state index contributed by atoms with van der Waals surface area (Å²) in [5.41, 5.74) is 0.925. The molecule has 1 aromatic rings. The molecule has 2 N–H and O–H groups in total. The van der Waals surface area contributed by atoms with Crippen LogP contribution in [0.4, 0.5) is 5.69 Å². The Hall–Kier alpha value is -1.71. The highest BCUT2D eigenvalue weighted by Crippen LogP contribution is 2.15. The first-order valence-electron chi connectivity index (χ1n) is 6.99. The lowest BCUT2D eigenvalue weighted by molar-refractivity contribution is -0.119. The minimum absolute atomic E-state index is 0.0276. The molecule has 0 saturated carbocycles. The molecule has 1 rings (SSSR count). The molecule has 0 aliphatic carbocycles. The number of benzene rings is 1. The molecule has 0 aliphatic heterocycles. The number of carbonyl (C=O) groups is 1. The van der Waals surface area contributed by atoms with Crippen LogP contribution in [-0.4, -0.2) is 25.6 Å². The highest BCUT2D eigenvalue weighted by molar-refractivity contribution is 5.80. The van der Waals surface area contributed by atoms with Crippen LogP contribution in [0, 0.1) is 0 Å². The van der Waals surface area contributed by atoms with Crippen molar-refractivity contribution >= 4 is 11.6 Å². The summed E-state index contributed by atoms with van der Waals surface area (Å²) in [6.45, 7) is 5.96. The maximum absolute atomic E-state index is 11.5. The number of hydrogen-bond donors (Lipinski definition) is 2. The molecule has 0 unspecified atom stereocenters. The molecule has 0 bridgehead atoms. The van der Waals surface area contributed by atoms with E-state index in [0.29, 0.717) is 6.54 Å². The summed E-state index contributed by atoms with van der Waals surface area (Å²) < 4.78 is 5.49. The SMILES string of the molecule is CCCCNC(=O)CNc1ccc(OCCC)cc1. The van der Waals surface area contributed by atoms with Crippen LogP contribution in [0.2, 0.25) is 0 Å². The summed E-state index contributed by atoms with van der Waals surface area (Å²) in [6, 6.07) is 7.66. The fourth-order valence-electron chi connectivity index (χ4n) is 1.54. The molecule has 106 valence electrons. The van der Waals surface area contributed by atoms with E-state index >= 15 is 0 Å². The molecule has 1 amide bonds. The van der Waals surface area contributed by atoms with Crippen molar-refractivity contribution in [3.63, 3.8) is 0 Å². The first kappa shape index (κ1) is 15.3. The molecule has 0 aromatic heterocycles. The normalized spacial score (nSPS) is 10.0. The Morgan fingerprint density at radius 3 is 2.53 bits per heavy atom. The summed E-state index contributed by atoms with van der Waals surface area (Å²) in [5.74, 6) is 0.888.